The van der Waals surface area contributed by atoms with Crippen molar-refractivity contribution in [3.05, 3.63) is 60.3 Å². The SMILES string of the molecule is O=C(c1cc(=O)[nH]c(=O)[nH]1)N1CCN(c2cc(Cl)c(C(F)(F)F)c(Cl)c2)CC1. The molecule has 1 amide bonds. The highest BCUT2D eigenvalue weighted by atomic mass is 35.5. The van der Waals surface area contributed by atoms with E-state index in [1.165, 1.54) is 17.0 Å². The summed E-state index contributed by atoms with van der Waals surface area (Å²) >= 11 is 11.5. The van der Waals surface area contributed by atoms with Crippen molar-refractivity contribution in [1.29, 1.82) is 0 Å². The number of nitrogens with zero attached hydrogens (tertiary/aromatic N) is 2. The fourth-order valence-corrected chi connectivity index (χ4v) is 3.62. The molecule has 0 atom stereocenters. The third kappa shape index (κ3) is 4.17. The molecule has 3 rings (SSSR count). The second-order valence-electron chi connectivity index (χ2n) is 6.06. The summed E-state index contributed by atoms with van der Waals surface area (Å²) in [6.45, 7) is 1.06. The summed E-state index contributed by atoms with van der Waals surface area (Å²) in [4.78, 5) is 42.5. The van der Waals surface area contributed by atoms with Gasteiger partial charge in [0, 0.05) is 37.9 Å². The number of aromatic amines is 2. The number of benzene rings is 1. The van der Waals surface area contributed by atoms with Crippen molar-refractivity contribution in [3.63, 3.8) is 0 Å². The van der Waals surface area contributed by atoms with Crippen molar-refractivity contribution in [2.45, 2.75) is 6.18 Å². The monoisotopic (exact) mass is 436 g/mol. The first-order valence-electron chi connectivity index (χ1n) is 8.00. The number of amides is 1. The molecule has 0 radical (unpaired) electrons. The number of alkyl halides is 3. The Labute approximate surface area is 165 Å². The van der Waals surface area contributed by atoms with Gasteiger partial charge in [-0.1, -0.05) is 23.2 Å². The molecule has 12 heteroatoms. The van der Waals surface area contributed by atoms with Gasteiger partial charge in [-0.3, -0.25) is 14.6 Å². The lowest BCUT2D eigenvalue weighted by molar-refractivity contribution is -0.137. The highest BCUT2D eigenvalue weighted by Crippen LogP contribution is 2.41. The van der Waals surface area contributed by atoms with Gasteiger partial charge in [-0.25, -0.2) is 4.79 Å². The lowest BCUT2D eigenvalue weighted by Crippen LogP contribution is -2.49. The number of piperazine rings is 1. The molecule has 0 aliphatic carbocycles. The Kier molecular flexibility index (Phi) is 5.44. The number of H-pyrrole nitrogens is 2. The van der Waals surface area contributed by atoms with Gasteiger partial charge in [-0.2, -0.15) is 13.2 Å². The van der Waals surface area contributed by atoms with Crippen LogP contribution in [0.25, 0.3) is 0 Å². The summed E-state index contributed by atoms with van der Waals surface area (Å²) in [5, 5.41) is -1.01. The maximum atomic E-state index is 13.0. The molecule has 0 spiro atoms. The second kappa shape index (κ2) is 7.51. The van der Waals surface area contributed by atoms with Gasteiger partial charge in [0.25, 0.3) is 11.5 Å². The van der Waals surface area contributed by atoms with Crippen LogP contribution >= 0.6 is 23.2 Å². The van der Waals surface area contributed by atoms with Crippen LogP contribution in [0.1, 0.15) is 16.1 Å². The van der Waals surface area contributed by atoms with E-state index in [2.05, 4.69) is 4.98 Å². The van der Waals surface area contributed by atoms with Gasteiger partial charge < -0.3 is 14.8 Å². The maximum Gasteiger partial charge on any atom is 0.419 e. The van der Waals surface area contributed by atoms with Crippen molar-refractivity contribution in [2.75, 3.05) is 31.1 Å². The van der Waals surface area contributed by atoms with Crippen LogP contribution in [-0.4, -0.2) is 47.0 Å². The number of halogens is 5. The van der Waals surface area contributed by atoms with Gasteiger partial charge in [-0.15, -0.1) is 0 Å². The number of carbonyl (C=O) groups is 1. The highest BCUT2D eigenvalue weighted by molar-refractivity contribution is 6.36. The zero-order chi connectivity index (χ0) is 20.6. The zero-order valence-corrected chi connectivity index (χ0v) is 15.6. The predicted octanol–water partition coefficient (Wildman–Crippen LogP) is 2.35. The molecule has 150 valence electrons. The number of rotatable bonds is 2. The third-order valence-corrected chi connectivity index (χ3v) is 4.83. The average molecular weight is 437 g/mol. The largest absolute Gasteiger partial charge is 0.419 e. The van der Waals surface area contributed by atoms with Crippen LogP contribution in [0.4, 0.5) is 18.9 Å². The van der Waals surface area contributed by atoms with Crippen LogP contribution < -0.4 is 16.1 Å². The molecule has 0 unspecified atom stereocenters. The summed E-state index contributed by atoms with van der Waals surface area (Å²) in [5.41, 5.74) is -2.31. The Morgan fingerprint density at radius 2 is 1.54 bits per heavy atom. The molecule has 1 saturated heterocycles. The first kappa shape index (κ1) is 20.3. The van der Waals surface area contributed by atoms with Gasteiger partial charge in [0.05, 0.1) is 15.6 Å². The lowest BCUT2D eigenvalue weighted by Gasteiger charge is -2.36. The number of aromatic nitrogens is 2. The van der Waals surface area contributed by atoms with Gasteiger partial charge in [0.15, 0.2) is 0 Å². The van der Waals surface area contributed by atoms with E-state index in [-0.39, 0.29) is 18.8 Å². The highest BCUT2D eigenvalue weighted by Gasteiger charge is 2.36. The van der Waals surface area contributed by atoms with Crippen molar-refractivity contribution >= 4 is 34.8 Å². The molecule has 2 heterocycles. The van der Waals surface area contributed by atoms with Crippen molar-refractivity contribution in [3.8, 4) is 0 Å². The summed E-state index contributed by atoms with van der Waals surface area (Å²) in [6, 6.07) is 3.36. The topological polar surface area (TPSA) is 89.3 Å². The van der Waals surface area contributed by atoms with Crippen LogP contribution in [0.15, 0.2) is 27.8 Å². The predicted molar refractivity (Wildman–Crippen MR) is 97.3 cm³/mol. The summed E-state index contributed by atoms with van der Waals surface area (Å²) < 4.78 is 38.9. The molecular formula is C16H13Cl2F3N4O3. The lowest BCUT2D eigenvalue weighted by atomic mass is 10.1. The number of hydrogen-bond donors (Lipinski definition) is 2. The van der Waals surface area contributed by atoms with Crippen molar-refractivity contribution < 1.29 is 18.0 Å². The van der Waals surface area contributed by atoms with Crippen LogP contribution in [0.3, 0.4) is 0 Å². The molecule has 28 heavy (non-hydrogen) atoms. The van der Waals surface area contributed by atoms with E-state index in [9.17, 15) is 27.6 Å². The Balaban J connectivity index is 1.74. The molecule has 2 N–H and O–H groups in total. The van der Waals surface area contributed by atoms with E-state index in [1.54, 1.807) is 4.90 Å². The van der Waals surface area contributed by atoms with E-state index in [0.29, 0.717) is 18.8 Å². The molecule has 2 aromatic rings. The van der Waals surface area contributed by atoms with Gasteiger partial charge in [0.2, 0.25) is 0 Å². The minimum absolute atomic E-state index is 0.136. The Hall–Kier alpha value is -2.46. The maximum absolute atomic E-state index is 13.0. The minimum atomic E-state index is -4.66. The molecule has 1 fully saturated rings. The minimum Gasteiger partial charge on any atom is -0.368 e. The van der Waals surface area contributed by atoms with Crippen molar-refractivity contribution in [2.24, 2.45) is 0 Å². The fourth-order valence-electron chi connectivity index (χ4n) is 2.94. The molecule has 1 aliphatic rings. The zero-order valence-electron chi connectivity index (χ0n) is 14.1. The van der Waals surface area contributed by atoms with Crippen LogP contribution in [-0.2, 0) is 6.18 Å². The Bertz CT molecular complexity index is 976. The van der Waals surface area contributed by atoms with E-state index >= 15 is 0 Å². The van der Waals surface area contributed by atoms with Crippen LogP contribution in [0.5, 0.6) is 0 Å². The Morgan fingerprint density at radius 1 is 0.964 bits per heavy atom. The first-order chi connectivity index (χ1) is 13.1. The summed E-state index contributed by atoms with van der Waals surface area (Å²) in [6.07, 6.45) is -4.66. The fraction of sp³-hybridized carbons (Fsp3) is 0.312. The molecule has 0 bridgehead atoms. The van der Waals surface area contributed by atoms with E-state index < -0.39 is 38.9 Å². The molecule has 0 saturated carbocycles. The van der Waals surface area contributed by atoms with E-state index in [1.807, 2.05) is 4.98 Å². The normalized spacial score (nSPS) is 15.0. The number of anilines is 1. The van der Waals surface area contributed by atoms with E-state index in [0.717, 1.165) is 6.07 Å². The van der Waals surface area contributed by atoms with Gasteiger partial charge >= 0.3 is 11.9 Å². The molecular weight excluding hydrogens is 424 g/mol. The number of hydrogen-bond acceptors (Lipinski definition) is 4. The Morgan fingerprint density at radius 3 is 2.04 bits per heavy atom. The van der Waals surface area contributed by atoms with Gasteiger partial charge in [-0.05, 0) is 12.1 Å². The quantitative estimate of drug-likeness (QED) is 0.755. The average Bonchev–Trinajstić information content (AvgIpc) is 2.58. The first-order valence-corrected chi connectivity index (χ1v) is 8.76. The second-order valence-corrected chi connectivity index (χ2v) is 6.88. The van der Waals surface area contributed by atoms with Crippen molar-refractivity contribution in [1.82, 2.24) is 14.9 Å². The number of nitrogens with one attached hydrogen (secondary N) is 2. The number of carbonyl (C=O) groups excluding carboxylic acids is 1. The summed E-state index contributed by atoms with van der Waals surface area (Å²) in [5.74, 6) is -0.522. The molecule has 1 aromatic heterocycles. The van der Waals surface area contributed by atoms with E-state index in [4.69, 9.17) is 23.2 Å². The molecule has 1 aliphatic heterocycles. The molecule has 1 aromatic carbocycles. The standard InChI is InChI=1S/C16H13Cl2F3N4O3/c17-9-5-8(6-10(18)13(9)16(19,20)21)24-1-3-25(4-2-24)14(27)11-7-12(26)23-15(28)22-11/h5-7H,1-4H2,(H2,22,23,26,28). The van der Waals surface area contributed by atoms with Gasteiger partial charge in [0.1, 0.15) is 5.69 Å². The summed E-state index contributed by atoms with van der Waals surface area (Å²) in [7, 11) is 0. The third-order valence-electron chi connectivity index (χ3n) is 4.23. The smallest absolute Gasteiger partial charge is 0.368 e. The van der Waals surface area contributed by atoms with Crippen LogP contribution in [0, 0.1) is 0 Å². The molecule has 7 nitrogen and oxygen atoms in total. The van der Waals surface area contributed by atoms with Crippen LogP contribution in [0.2, 0.25) is 10.0 Å².